The number of carbonyl (C=O) groups excluding carboxylic acids is 2. The van der Waals surface area contributed by atoms with E-state index in [1.54, 1.807) is 6.20 Å². The van der Waals surface area contributed by atoms with Crippen molar-refractivity contribution in [2.75, 3.05) is 5.75 Å². The van der Waals surface area contributed by atoms with Crippen molar-refractivity contribution in [3.63, 3.8) is 0 Å². The average molecular weight is 314 g/mol. The largest absolute Gasteiger partial charge is 0.366 e. The third-order valence-corrected chi connectivity index (χ3v) is 4.76. The first-order valence-electron chi connectivity index (χ1n) is 6.08. The number of carbonyl (C=O) groups is 2. The zero-order valence-electron chi connectivity index (χ0n) is 10.6. The SMILES string of the molecule is O=C1CCC(=O)N1OC(O)CCSSc1ccccn1. The smallest absolute Gasteiger partial charge is 0.254 e. The third-order valence-electron chi connectivity index (χ3n) is 2.46. The Kier molecular flexibility index (Phi) is 5.84. The molecule has 6 nitrogen and oxygen atoms in total. The molecule has 8 heteroatoms. The number of hydrogen-bond donors (Lipinski definition) is 1. The second-order valence-corrected chi connectivity index (χ2v) is 6.44. The highest BCUT2D eigenvalue weighted by Crippen LogP contribution is 2.29. The molecule has 1 N–H and O–H groups in total. The Balaban J connectivity index is 1.64. The molecular formula is C12H14N2O4S2. The summed E-state index contributed by atoms with van der Waals surface area (Å²) < 4.78 is 0. The Hall–Kier alpha value is -1.09. The molecule has 0 aromatic carbocycles. The highest BCUT2D eigenvalue weighted by atomic mass is 33.1. The summed E-state index contributed by atoms with van der Waals surface area (Å²) in [6.45, 7) is 0. The zero-order valence-corrected chi connectivity index (χ0v) is 12.2. The zero-order chi connectivity index (χ0) is 14.4. The molecule has 1 aliphatic heterocycles. The number of amides is 2. The maximum Gasteiger partial charge on any atom is 0.254 e. The van der Waals surface area contributed by atoms with Crippen LogP contribution in [0.25, 0.3) is 0 Å². The summed E-state index contributed by atoms with van der Waals surface area (Å²) in [6, 6.07) is 5.64. The van der Waals surface area contributed by atoms with Crippen molar-refractivity contribution in [3.05, 3.63) is 24.4 Å². The molecule has 108 valence electrons. The fourth-order valence-corrected chi connectivity index (χ4v) is 3.43. The van der Waals surface area contributed by atoms with Crippen LogP contribution in [0.3, 0.4) is 0 Å². The van der Waals surface area contributed by atoms with E-state index >= 15 is 0 Å². The van der Waals surface area contributed by atoms with Gasteiger partial charge in [-0.15, -0.1) is 0 Å². The number of nitrogens with zero attached hydrogens (tertiary/aromatic N) is 2. The number of aliphatic hydroxyl groups is 1. The number of aliphatic hydroxyl groups excluding tert-OH is 1. The van der Waals surface area contributed by atoms with Crippen LogP contribution >= 0.6 is 21.6 Å². The lowest BCUT2D eigenvalue weighted by Crippen LogP contribution is -2.34. The summed E-state index contributed by atoms with van der Waals surface area (Å²) in [7, 11) is 3.02. The van der Waals surface area contributed by atoms with Gasteiger partial charge in [0.25, 0.3) is 11.8 Å². The van der Waals surface area contributed by atoms with Crippen LogP contribution in [-0.2, 0) is 14.4 Å². The van der Waals surface area contributed by atoms with Gasteiger partial charge in [0.05, 0.1) is 0 Å². The third kappa shape index (κ3) is 4.48. The fourth-order valence-electron chi connectivity index (χ4n) is 1.50. The van der Waals surface area contributed by atoms with E-state index in [0.29, 0.717) is 17.2 Å². The lowest BCUT2D eigenvalue weighted by Gasteiger charge is -2.17. The van der Waals surface area contributed by atoms with Crippen molar-refractivity contribution in [1.82, 2.24) is 10.0 Å². The molecule has 0 spiro atoms. The van der Waals surface area contributed by atoms with Crippen molar-refractivity contribution in [2.45, 2.75) is 30.6 Å². The van der Waals surface area contributed by atoms with Crippen LogP contribution in [-0.4, -0.2) is 39.0 Å². The molecule has 2 heterocycles. The van der Waals surface area contributed by atoms with E-state index in [1.165, 1.54) is 21.6 Å². The van der Waals surface area contributed by atoms with Gasteiger partial charge in [0.1, 0.15) is 5.03 Å². The Morgan fingerprint density at radius 1 is 1.35 bits per heavy atom. The van der Waals surface area contributed by atoms with Gasteiger partial charge in [-0.1, -0.05) is 16.9 Å². The van der Waals surface area contributed by atoms with Crippen molar-refractivity contribution in [1.29, 1.82) is 0 Å². The highest BCUT2D eigenvalue weighted by Gasteiger charge is 2.31. The molecule has 2 amide bonds. The van der Waals surface area contributed by atoms with Crippen LogP contribution in [0.2, 0.25) is 0 Å². The van der Waals surface area contributed by atoms with E-state index in [9.17, 15) is 14.7 Å². The van der Waals surface area contributed by atoms with Crippen LogP contribution in [0.15, 0.2) is 29.4 Å². The minimum atomic E-state index is -1.15. The van der Waals surface area contributed by atoms with Gasteiger partial charge in [-0.05, 0) is 22.9 Å². The number of aromatic nitrogens is 1. The lowest BCUT2D eigenvalue weighted by atomic mass is 10.4. The predicted octanol–water partition coefficient (Wildman–Crippen LogP) is 1.61. The highest BCUT2D eigenvalue weighted by molar-refractivity contribution is 8.76. The average Bonchev–Trinajstić information content (AvgIpc) is 2.77. The molecule has 20 heavy (non-hydrogen) atoms. The van der Waals surface area contributed by atoms with E-state index in [2.05, 4.69) is 4.98 Å². The number of pyridine rings is 1. The summed E-state index contributed by atoms with van der Waals surface area (Å²) in [6.07, 6.45) is 1.18. The summed E-state index contributed by atoms with van der Waals surface area (Å²) in [5, 5.41) is 11.2. The van der Waals surface area contributed by atoms with Crippen LogP contribution < -0.4 is 0 Å². The van der Waals surface area contributed by atoms with Crippen LogP contribution in [0, 0.1) is 0 Å². The molecule has 1 aromatic rings. The number of hydroxylamine groups is 2. The molecule has 0 saturated carbocycles. The van der Waals surface area contributed by atoms with E-state index in [0.717, 1.165) is 5.03 Å². The number of rotatable bonds is 7. The molecule has 1 unspecified atom stereocenters. The van der Waals surface area contributed by atoms with Gasteiger partial charge >= 0.3 is 0 Å². The molecular weight excluding hydrogens is 300 g/mol. The van der Waals surface area contributed by atoms with E-state index < -0.39 is 18.1 Å². The quantitative estimate of drug-likeness (QED) is 0.354. The van der Waals surface area contributed by atoms with Gasteiger partial charge in [-0.2, -0.15) is 5.06 Å². The van der Waals surface area contributed by atoms with Crippen molar-refractivity contribution in [3.8, 4) is 0 Å². The van der Waals surface area contributed by atoms with Crippen molar-refractivity contribution >= 4 is 33.4 Å². The monoisotopic (exact) mass is 314 g/mol. The van der Waals surface area contributed by atoms with Gasteiger partial charge in [0, 0.05) is 31.2 Å². The molecule has 1 aliphatic rings. The topological polar surface area (TPSA) is 79.7 Å². The molecule has 0 radical (unpaired) electrons. The van der Waals surface area contributed by atoms with Crippen LogP contribution in [0.4, 0.5) is 0 Å². The number of imide groups is 1. The fraction of sp³-hybridized carbons (Fsp3) is 0.417. The van der Waals surface area contributed by atoms with E-state index in [-0.39, 0.29) is 12.8 Å². The van der Waals surface area contributed by atoms with E-state index in [4.69, 9.17) is 4.84 Å². The lowest BCUT2D eigenvalue weighted by molar-refractivity contribution is -0.244. The normalized spacial score (nSPS) is 16.8. The minimum Gasteiger partial charge on any atom is -0.366 e. The molecule has 1 atom stereocenters. The standard InChI is InChI=1S/C12H14N2O4S2/c15-10-4-5-11(16)14(10)18-12(17)6-8-19-20-9-3-1-2-7-13-9/h1-3,7,12,17H,4-6,8H2. The molecule has 0 bridgehead atoms. The first kappa shape index (κ1) is 15.3. The molecule has 1 saturated heterocycles. The molecule has 0 aliphatic carbocycles. The van der Waals surface area contributed by atoms with Crippen molar-refractivity contribution < 1.29 is 19.5 Å². The predicted molar refractivity (Wildman–Crippen MR) is 75.3 cm³/mol. The summed E-state index contributed by atoms with van der Waals surface area (Å²) in [5.41, 5.74) is 0. The van der Waals surface area contributed by atoms with Crippen molar-refractivity contribution in [2.24, 2.45) is 0 Å². The van der Waals surface area contributed by atoms with Gasteiger partial charge in [0.2, 0.25) is 0 Å². The Labute approximate surface area is 124 Å². The first-order chi connectivity index (χ1) is 9.66. The minimum absolute atomic E-state index is 0.149. The molecule has 2 rings (SSSR count). The second-order valence-electron chi connectivity index (χ2n) is 4.00. The second kappa shape index (κ2) is 7.63. The van der Waals surface area contributed by atoms with Gasteiger partial charge < -0.3 is 5.11 Å². The van der Waals surface area contributed by atoms with Gasteiger partial charge in [0.15, 0.2) is 6.29 Å². The first-order valence-corrected chi connectivity index (χ1v) is 8.40. The van der Waals surface area contributed by atoms with Gasteiger partial charge in [-0.25, -0.2) is 9.82 Å². The summed E-state index contributed by atoms with van der Waals surface area (Å²) in [5.74, 6) is -0.187. The van der Waals surface area contributed by atoms with Crippen LogP contribution in [0.5, 0.6) is 0 Å². The Morgan fingerprint density at radius 3 is 2.75 bits per heavy atom. The summed E-state index contributed by atoms with van der Waals surface area (Å²) >= 11 is 0. The van der Waals surface area contributed by atoms with E-state index in [1.807, 2.05) is 18.2 Å². The van der Waals surface area contributed by atoms with Crippen LogP contribution in [0.1, 0.15) is 19.3 Å². The Bertz CT molecular complexity index is 456. The maximum atomic E-state index is 11.3. The molecule has 1 fully saturated rings. The maximum absolute atomic E-state index is 11.3. The molecule has 1 aromatic heterocycles. The van der Waals surface area contributed by atoms with Gasteiger partial charge in [-0.3, -0.25) is 9.59 Å². The summed E-state index contributed by atoms with van der Waals surface area (Å²) in [4.78, 5) is 31.7. The Morgan fingerprint density at radius 2 is 2.10 bits per heavy atom. The number of hydrogen-bond acceptors (Lipinski definition) is 7.